The number of amides is 1. The second kappa shape index (κ2) is 13.3. The Bertz CT molecular complexity index is 1730. The number of ketones is 1. The summed E-state index contributed by atoms with van der Waals surface area (Å²) in [6.45, 7) is 8.67. The number of nitrogens with zero attached hydrogens (tertiary/aromatic N) is 5. The minimum absolute atomic E-state index is 0.0207. The van der Waals surface area contributed by atoms with Crippen LogP contribution in [0.5, 0.6) is 0 Å². The van der Waals surface area contributed by atoms with Crippen LogP contribution in [0.25, 0.3) is 22.6 Å². The number of halogens is 4. The molecule has 13 heteroatoms. The zero-order chi connectivity index (χ0) is 32.5. The minimum Gasteiger partial charge on any atom is -0.444 e. The van der Waals surface area contributed by atoms with Crippen molar-refractivity contribution < 1.29 is 23.1 Å². The second-order valence-corrected chi connectivity index (χ2v) is 13.1. The number of anilines is 1. The second-order valence-electron chi connectivity index (χ2n) is 12.3. The largest absolute Gasteiger partial charge is 0.444 e. The summed E-state index contributed by atoms with van der Waals surface area (Å²) in [5.41, 5.74) is 2.07. The van der Waals surface area contributed by atoms with E-state index in [0.29, 0.717) is 63.4 Å². The molecule has 0 spiro atoms. The van der Waals surface area contributed by atoms with Gasteiger partial charge in [0.1, 0.15) is 22.7 Å². The lowest BCUT2D eigenvalue weighted by molar-refractivity contribution is -0.116. The number of piperidine rings is 1. The fourth-order valence-electron chi connectivity index (χ4n) is 5.39. The van der Waals surface area contributed by atoms with Crippen molar-refractivity contribution in [3.63, 3.8) is 0 Å². The van der Waals surface area contributed by atoms with E-state index in [9.17, 15) is 18.4 Å². The van der Waals surface area contributed by atoms with Crippen molar-refractivity contribution in [3.05, 3.63) is 69.3 Å². The van der Waals surface area contributed by atoms with E-state index < -0.39 is 17.2 Å². The Morgan fingerprint density at radius 3 is 2.47 bits per heavy atom. The number of aromatic nitrogens is 4. The molecule has 1 saturated heterocycles. The first-order chi connectivity index (χ1) is 21.3. The van der Waals surface area contributed by atoms with E-state index in [1.54, 1.807) is 23.2 Å². The molecule has 45 heavy (non-hydrogen) atoms. The summed E-state index contributed by atoms with van der Waals surface area (Å²) in [6, 6.07) is 7.07. The molecule has 2 aromatic carbocycles. The van der Waals surface area contributed by atoms with Crippen LogP contribution in [0.4, 0.5) is 19.5 Å². The van der Waals surface area contributed by atoms with Crippen LogP contribution in [-0.2, 0) is 29.0 Å². The van der Waals surface area contributed by atoms with E-state index in [4.69, 9.17) is 37.9 Å². The smallest absolute Gasteiger partial charge is 0.410 e. The van der Waals surface area contributed by atoms with Gasteiger partial charge in [0, 0.05) is 32.6 Å². The fraction of sp³-hybridized carbons (Fsp3) is 0.406. The quantitative estimate of drug-likeness (QED) is 0.209. The number of benzene rings is 2. The van der Waals surface area contributed by atoms with Gasteiger partial charge < -0.3 is 19.5 Å². The van der Waals surface area contributed by atoms with E-state index >= 15 is 0 Å². The molecule has 0 saturated carbocycles. The third-order valence-electron chi connectivity index (χ3n) is 7.31. The highest BCUT2D eigenvalue weighted by atomic mass is 35.5. The van der Waals surface area contributed by atoms with Crippen LogP contribution in [-0.4, -0.2) is 55.0 Å². The topological polar surface area (TPSA) is 102 Å². The molecule has 1 amide bonds. The molecule has 0 unspecified atom stereocenters. The molecule has 0 bridgehead atoms. The predicted molar refractivity (Wildman–Crippen MR) is 169 cm³/mol. The van der Waals surface area contributed by atoms with Crippen molar-refractivity contribution >= 4 is 52.2 Å². The lowest BCUT2D eigenvalue weighted by Gasteiger charge is -2.34. The predicted octanol–water partition coefficient (Wildman–Crippen LogP) is 7.47. The Kier molecular flexibility index (Phi) is 9.60. The Morgan fingerprint density at radius 1 is 1.07 bits per heavy atom. The summed E-state index contributed by atoms with van der Waals surface area (Å²) < 4.78 is 34.7. The Morgan fingerprint density at radius 2 is 1.80 bits per heavy atom. The molecule has 238 valence electrons. The van der Waals surface area contributed by atoms with Gasteiger partial charge in [-0.2, -0.15) is 4.98 Å². The fourth-order valence-corrected chi connectivity index (χ4v) is 6.09. The number of hydrogen-bond acceptors (Lipinski definition) is 7. The van der Waals surface area contributed by atoms with Gasteiger partial charge in [-0.1, -0.05) is 29.3 Å². The average Bonchev–Trinajstić information content (AvgIpc) is 3.29. The number of nitrogens with one attached hydrogen (secondary N) is 1. The molecule has 0 radical (unpaired) electrons. The summed E-state index contributed by atoms with van der Waals surface area (Å²) in [7, 11) is 0. The molecular formula is C32H34Cl2F2N6O3. The highest BCUT2D eigenvalue weighted by Crippen LogP contribution is 2.38. The van der Waals surface area contributed by atoms with Gasteiger partial charge in [-0.3, -0.25) is 4.79 Å². The number of carbonyl (C=O) groups is 2. The van der Waals surface area contributed by atoms with Crippen molar-refractivity contribution in [3.8, 4) is 11.4 Å². The van der Waals surface area contributed by atoms with Crippen LogP contribution < -0.4 is 5.32 Å². The van der Waals surface area contributed by atoms with Crippen LogP contribution in [0.1, 0.15) is 51.7 Å². The van der Waals surface area contributed by atoms with Crippen LogP contribution in [0.3, 0.4) is 0 Å². The maximum Gasteiger partial charge on any atom is 0.410 e. The van der Waals surface area contributed by atoms with Crippen LogP contribution >= 0.6 is 23.2 Å². The monoisotopic (exact) mass is 658 g/mol. The first-order valence-electron chi connectivity index (χ1n) is 14.6. The molecule has 4 aromatic rings. The van der Waals surface area contributed by atoms with Gasteiger partial charge in [-0.05, 0) is 81.8 Å². The molecule has 3 heterocycles. The van der Waals surface area contributed by atoms with Gasteiger partial charge in [0.25, 0.3) is 0 Å². The van der Waals surface area contributed by atoms with Crippen molar-refractivity contribution in [1.29, 1.82) is 0 Å². The number of likely N-dealkylation sites (tertiary alicyclic amines) is 1. The van der Waals surface area contributed by atoms with Gasteiger partial charge in [-0.15, -0.1) is 0 Å². The lowest BCUT2D eigenvalue weighted by atomic mass is 9.98. The number of hydrogen-bond donors (Lipinski definition) is 1. The number of fused-ring (bicyclic) bond motifs is 1. The average molecular weight is 660 g/mol. The van der Waals surface area contributed by atoms with E-state index in [1.165, 1.54) is 13.0 Å². The van der Waals surface area contributed by atoms with Crippen LogP contribution in [0.15, 0.2) is 36.5 Å². The van der Waals surface area contributed by atoms with Gasteiger partial charge in [0.2, 0.25) is 5.95 Å². The third kappa shape index (κ3) is 7.88. The molecule has 1 aliphatic heterocycles. The van der Waals surface area contributed by atoms with E-state index in [2.05, 4.69) is 10.3 Å². The van der Waals surface area contributed by atoms with Crippen LogP contribution in [0.2, 0.25) is 10.0 Å². The highest BCUT2D eigenvalue weighted by Gasteiger charge is 2.30. The van der Waals surface area contributed by atoms with Gasteiger partial charge >= 0.3 is 6.09 Å². The third-order valence-corrected chi connectivity index (χ3v) is 7.91. The minimum atomic E-state index is -0.940. The number of carbonyl (C=O) groups excluding carboxylic acids is 2. The van der Waals surface area contributed by atoms with Gasteiger partial charge in [0.05, 0.1) is 21.8 Å². The molecule has 1 N–H and O–H groups in total. The number of imidazole rings is 1. The molecular weight excluding hydrogens is 625 g/mol. The number of ether oxygens (including phenoxy) is 1. The van der Waals surface area contributed by atoms with Gasteiger partial charge in [-0.25, -0.2) is 23.5 Å². The van der Waals surface area contributed by atoms with E-state index in [0.717, 1.165) is 25.0 Å². The molecule has 9 nitrogen and oxygen atoms in total. The Labute approximate surface area is 269 Å². The lowest BCUT2D eigenvalue weighted by Crippen LogP contribution is -2.43. The molecule has 1 fully saturated rings. The summed E-state index contributed by atoms with van der Waals surface area (Å²) in [5, 5.41) is 3.73. The maximum atomic E-state index is 13.7. The standard InChI is InChI=1S/C32H34Cl2F2N6O3/c1-18(43)10-21-11-22(33)27(23(34)12-21)29-39-26-15-38-30(37-14-19-7-8-24(35)25(36)13-19)40-28(26)42(29)17-20-6-5-9-41(16-20)31(44)45-32(2,3)4/h7-8,11-13,15,20H,5-6,9-10,14,16-17H2,1-4H3,(H,37,38,40)/t20-/m1/s1. The number of rotatable bonds is 8. The number of Topliss-reactive ketones (excluding diaryl/α,β-unsaturated/α-hetero) is 1. The molecule has 2 aromatic heterocycles. The molecule has 0 aliphatic carbocycles. The maximum absolute atomic E-state index is 13.7. The van der Waals surface area contributed by atoms with Crippen molar-refractivity contribution in [1.82, 2.24) is 24.4 Å². The van der Waals surface area contributed by atoms with E-state index in [1.807, 2.05) is 25.3 Å². The Hall–Kier alpha value is -3.83. The normalized spacial score (nSPS) is 15.4. The Balaban J connectivity index is 1.51. The first kappa shape index (κ1) is 32.6. The summed E-state index contributed by atoms with van der Waals surface area (Å²) in [6.07, 6.45) is 3.04. The van der Waals surface area contributed by atoms with Gasteiger partial charge in [0.15, 0.2) is 17.3 Å². The van der Waals surface area contributed by atoms with Crippen molar-refractivity contribution in [2.24, 2.45) is 5.92 Å². The first-order valence-corrected chi connectivity index (χ1v) is 15.4. The molecule has 1 atom stereocenters. The zero-order valence-electron chi connectivity index (χ0n) is 25.5. The highest BCUT2D eigenvalue weighted by molar-refractivity contribution is 6.39. The molecule has 5 rings (SSSR count). The SMILES string of the molecule is CC(=O)Cc1cc(Cl)c(-c2nc3cnc(NCc4ccc(F)c(F)c4)nc3n2C[C@@H]2CCCN(C(=O)OC(C)(C)C)C2)c(Cl)c1. The zero-order valence-corrected chi connectivity index (χ0v) is 27.0. The summed E-state index contributed by atoms with van der Waals surface area (Å²) >= 11 is 13.5. The summed E-state index contributed by atoms with van der Waals surface area (Å²) in [5.74, 6) is -1.13. The van der Waals surface area contributed by atoms with E-state index in [-0.39, 0.29) is 36.7 Å². The van der Waals surface area contributed by atoms with Crippen LogP contribution in [0, 0.1) is 17.6 Å². The van der Waals surface area contributed by atoms with Crippen molar-refractivity contribution in [2.75, 3.05) is 18.4 Å². The summed E-state index contributed by atoms with van der Waals surface area (Å²) in [4.78, 5) is 40.3. The van der Waals surface area contributed by atoms with Crippen molar-refractivity contribution in [2.45, 2.75) is 65.6 Å². The molecule has 1 aliphatic rings.